The Balaban J connectivity index is 0.000000193. The zero-order chi connectivity index (χ0) is 23.4. The van der Waals surface area contributed by atoms with Crippen LogP contribution < -0.4 is 4.90 Å². The number of para-hydroxylation sites is 1. The predicted octanol–water partition coefficient (Wildman–Crippen LogP) is 5.01. The second kappa shape index (κ2) is 9.88. The summed E-state index contributed by atoms with van der Waals surface area (Å²) in [5.41, 5.74) is 1.65. The van der Waals surface area contributed by atoms with Crippen molar-refractivity contribution in [2.45, 2.75) is 52.6 Å². The summed E-state index contributed by atoms with van der Waals surface area (Å²) in [7, 11) is 1.76. The van der Waals surface area contributed by atoms with E-state index >= 15 is 0 Å². The van der Waals surface area contributed by atoms with E-state index in [1.807, 2.05) is 41.2 Å². The molecule has 1 aromatic carbocycles. The lowest BCUT2D eigenvalue weighted by molar-refractivity contribution is 0.121. The van der Waals surface area contributed by atoms with Gasteiger partial charge in [-0.1, -0.05) is 39.0 Å². The molecule has 0 amide bonds. The first-order valence-corrected chi connectivity index (χ1v) is 11.9. The van der Waals surface area contributed by atoms with Gasteiger partial charge in [-0.15, -0.1) is 0 Å². The van der Waals surface area contributed by atoms with Crippen LogP contribution in [-0.4, -0.2) is 46.1 Å². The molecule has 2 aromatic heterocycles. The van der Waals surface area contributed by atoms with Crippen LogP contribution in [0.25, 0.3) is 16.7 Å². The number of fused-ring (bicyclic) bond motifs is 1. The Hall–Kier alpha value is -2.98. The molecule has 7 heteroatoms. The van der Waals surface area contributed by atoms with Crippen LogP contribution in [0.4, 0.5) is 5.82 Å². The number of rotatable bonds is 3. The van der Waals surface area contributed by atoms with Gasteiger partial charge in [-0.3, -0.25) is 0 Å². The Morgan fingerprint density at radius 1 is 1.15 bits per heavy atom. The van der Waals surface area contributed by atoms with E-state index in [-0.39, 0.29) is 6.10 Å². The summed E-state index contributed by atoms with van der Waals surface area (Å²) in [4.78, 5) is 11.0. The largest absolute Gasteiger partial charge is 0.380 e. The summed E-state index contributed by atoms with van der Waals surface area (Å²) >= 11 is 0. The van der Waals surface area contributed by atoms with E-state index in [0.717, 1.165) is 48.0 Å². The van der Waals surface area contributed by atoms with Gasteiger partial charge in [-0.05, 0) is 43.1 Å². The van der Waals surface area contributed by atoms with E-state index in [1.54, 1.807) is 13.4 Å². The fourth-order valence-corrected chi connectivity index (χ4v) is 4.15. The monoisotopic (exact) mass is 446 g/mol. The summed E-state index contributed by atoms with van der Waals surface area (Å²) in [5, 5.41) is 13.9. The fourth-order valence-electron chi connectivity index (χ4n) is 4.15. The summed E-state index contributed by atoms with van der Waals surface area (Å²) in [6.45, 7) is 8.32. The lowest BCUT2D eigenvalue weighted by atomic mass is 10.2. The molecule has 3 aromatic rings. The minimum Gasteiger partial charge on any atom is -0.380 e. The molecule has 3 fully saturated rings. The molecule has 1 saturated heterocycles. The van der Waals surface area contributed by atoms with Gasteiger partial charge in [0, 0.05) is 31.7 Å². The molecule has 1 aliphatic heterocycles. The Morgan fingerprint density at radius 2 is 1.88 bits per heavy atom. The Kier molecular flexibility index (Phi) is 6.94. The maximum atomic E-state index is 8.33. The third-order valence-corrected chi connectivity index (χ3v) is 6.37. The second-order valence-electron chi connectivity index (χ2n) is 9.92. The minimum absolute atomic E-state index is 0.281. The molecule has 2 saturated carbocycles. The van der Waals surface area contributed by atoms with Crippen molar-refractivity contribution >= 4 is 16.7 Å². The second-order valence-corrected chi connectivity index (χ2v) is 9.92. The van der Waals surface area contributed by atoms with E-state index in [2.05, 4.69) is 46.8 Å². The van der Waals surface area contributed by atoms with Crippen LogP contribution in [0.1, 0.15) is 46.5 Å². The first kappa shape index (κ1) is 23.2. The van der Waals surface area contributed by atoms with Crippen molar-refractivity contribution in [3.8, 4) is 11.9 Å². The van der Waals surface area contributed by atoms with Crippen molar-refractivity contribution in [1.29, 1.82) is 5.26 Å². The van der Waals surface area contributed by atoms with Gasteiger partial charge < -0.3 is 9.64 Å². The van der Waals surface area contributed by atoms with E-state index in [1.165, 1.54) is 19.3 Å². The van der Waals surface area contributed by atoms with Gasteiger partial charge in [-0.25, -0.2) is 14.6 Å². The molecular weight excluding hydrogens is 412 g/mol. The molecule has 2 aliphatic carbocycles. The standard InChI is InChI=1S/C16H17N5O.C6H7N.C4H10/c1-22-13-6-7-20(10-13)15-8-16(18-11-17-15)21-14-5-3-2-4-12(14)9-19-21;7-4-5-3-6(5)1-2-6;1-4(2)3/h2-5,8-9,11,13H,6-7,10H2,1H3;5H,1-3H2;4H,1-3H3. The molecule has 6 rings (SSSR count). The lowest BCUT2D eigenvalue weighted by Crippen LogP contribution is -2.23. The summed E-state index contributed by atoms with van der Waals surface area (Å²) in [5.74, 6) is 3.00. The number of hydrogen-bond donors (Lipinski definition) is 0. The van der Waals surface area contributed by atoms with Crippen LogP contribution in [0.15, 0.2) is 42.9 Å². The van der Waals surface area contributed by atoms with Crippen molar-refractivity contribution in [3.05, 3.63) is 42.9 Å². The number of anilines is 1. The van der Waals surface area contributed by atoms with E-state index in [0.29, 0.717) is 11.3 Å². The molecule has 174 valence electrons. The molecule has 2 unspecified atom stereocenters. The number of aromatic nitrogens is 4. The molecule has 7 nitrogen and oxygen atoms in total. The summed E-state index contributed by atoms with van der Waals surface area (Å²) in [6.07, 6.45) is 8.65. The molecule has 0 radical (unpaired) electrons. The van der Waals surface area contributed by atoms with E-state index < -0.39 is 0 Å². The zero-order valence-electron chi connectivity index (χ0n) is 20.1. The van der Waals surface area contributed by atoms with Crippen molar-refractivity contribution in [2.24, 2.45) is 17.3 Å². The minimum atomic E-state index is 0.281. The van der Waals surface area contributed by atoms with Crippen LogP contribution in [0.3, 0.4) is 0 Å². The van der Waals surface area contributed by atoms with E-state index in [9.17, 15) is 0 Å². The fraction of sp³-hybridized carbons (Fsp3) is 0.538. The van der Waals surface area contributed by atoms with Gasteiger partial charge in [0.2, 0.25) is 0 Å². The topological polar surface area (TPSA) is 79.9 Å². The average molecular weight is 447 g/mol. The molecule has 0 bridgehead atoms. The molecule has 0 N–H and O–H groups in total. The summed E-state index contributed by atoms with van der Waals surface area (Å²) in [6, 6.07) is 12.4. The summed E-state index contributed by atoms with van der Waals surface area (Å²) < 4.78 is 7.27. The number of nitriles is 1. The lowest BCUT2D eigenvalue weighted by Gasteiger charge is -2.17. The molecule has 2 atom stereocenters. The van der Waals surface area contributed by atoms with Gasteiger partial charge in [0.25, 0.3) is 0 Å². The SMILES string of the molecule is CC(C)C.COC1CCN(c2cc(-n3ncc4ccccc43)ncn2)C1.N#CC1CC12CC2. The number of methoxy groups -OCH3 is 1. The van der Waals surface area contributed by atoms with Crippen LogP contribution >= 0.6 is 0 Å². The predicted molar refractivity (Wildman–Crippen MR) is 130 cm³/mol. The van der Waals surface area contributed by atoms with Crippen LogP contribution in [0.5, 0.6) is 0 Å². The third-order valence-electron chi connectivity index (χ3n) is 6.37. The highest BCUT2D eigenvalue weighted by Crippen LogP contribution is 2.70. The van der Waals surface area contributed by atoms with Crippen molar-refractivity contribution in [2.75, 3.05) is 25.1 Å². The smallest absolute Gasteiger partial charge is 0.159 e. The highest BCUT2D eigenvalue weighted by molar-refractivity contribution is 5.79. The van der Waals surface area contributed by atoms with Crippen molar-refractivity contribution < 1.29 is 4.74 Å². The van der Waals surface area contributed by atoms with Crippen LogP contribution in [-0.2, 0) is 4.74 Å². The normalized spacial score (nSPS) is 21.8. The average Bonchev–Trinajstić information content (AvgIpc) is 3.61. The van der Waals surface area contributed by atoms with Crippen LogP contribution in [0, 0.1) is 28.6 Å². The molecule has 3 aliphatic rings. The number of nitrogens with zero attached hydrogens (tertiary/aromatic N) is 6. The number of ether oxygens (including phenoxy) is 1. The molecular formula is C26H34N6O. The van der Waals surface area contributed by atoms with E-state index in [4.69, 9.17) is 10.00 Å². The van der Waals surface area contributed by atoms with Crippen LogP contribution in [0.2, 0.25) is 0 Å². The number of benzene rings is 1. The molecule has 1 spiro atoms. The highest BCUT2D eigenvalue weighted by atomic mass is 16.5. The van der Waals surface area contributed by atoms with Gasteiger partial charge in [0.1, 0.15) is 12.1 Å². The third kappa shape index (κ3) is 5.51. The van der Waals surface area contributed by atoms with Gasteiger partial charge in [-0.2, -0.15) is 10.4 Å². The first-order chi connectivity index (χ1) is 16.0. The molecule has 3 heterocycles. The Bertz CT molecular complexity index is 1110. The highest BCUT2D eigenvalue weighted by Gasteiger charge is 2.63. The Labute approximate surface area is 196 Å². The maximum absolute atomic E-state index is 8.33. The van der Waals surface area contributed by atoms with Gasteiger partial charge >= 0.3 is 0 Å². The number of hydrogen-bond acceptors (Lipinski definition) is 6. The zero-order valence-corrected chi connectivity index (χ0v) is 20.1. The Morgan fingerprint density at radius 3 is 2.48 bits per heavy atom. The molecule has 33 heavy (non-hydrogen) atoms. The van der Waals surface area contributed by atoms with Crippen molar-refractivity contribution in [3.63, 3.8) is 0 Å². The van der Waals surface area contributed by atoms with Gasteiger partial charge in [0.15, 0.2) is 5.82 Å². The first-order valence-electron chi connectivity index (χ1n) is 11.9. The quantitative estimate of drug-likeness (QED) is 0.562. The maximum Gasteiger partial charge on any atom is 0.159 e. The van der Waals surface area contributed by atoms with Gasteiger partial charge in [0.05, 0.1) is 29.8 Å². The van der Waals surface area contributed by atoms with Crippen molar-refractivity contribution in [1.82, 2.24) is 19.7 Å².